The van der Waals surface area contributed by atoms with Gasteiger partial charge >= 0.3 is 0 Å². The molecule has 8 nitrogen and oxygen atoms in total. The Morgan fingerprint density at radius 2 is 1.40 bits per heavy atom. The molecular formula is C40H55N5O3. The summed E-state index contributed by atoms with van der Waals surface area (Å²) in [7, 11) is 7.59. The van der Waals surface area contributed by atoms with E-state index in [0.29, 0.717) is 12.8 Å². The molecule has 3 aromatic carbocycles. The predicted octanol–water partition coefficient (Wildman–Crippen LogP) is 5.47. The van der Waals surface area contributed by atoms with E-state index in [1.54, 1.807) is 20.2 Å². The number of likely N-dealkylation sites (N-methyl/N-ethyl adjacent to an activating group) is 2. The standard InChI is InChI=1S/C32H38N4O3.C8H17N/c1-35(29(37)14-8-17-32(34)18-9-19-32)28(22-24-15-16-25-12-6-7-13-26(25)20-24)31(39)36(2)27(30(33)38)21-23-10-4-3-5-11-23;1-9(2)8-6-4-3-5-7-8/h3-8,10-16,20,27-28H,9,17-19,21-22,34H2,1-2H3,(H2,33,38);8H,3-7H2,1-2H3/b14-8+;/t27?,28-;/m0./s1. The number of hydrogen-bond acceptors (Lipinski definition) is 5. The second kappa shape index (κ2) is 17.4. The number of hydrogen-bond donors (Lipinski definition) is 2. The molecule has 0 saturated heterocycles. The van der Waals surface area contributed by atoms with Crippen molar-refractivity contribution >= 4 is 28.5 Å². The lowest BCUT2D eigenvalue weighted by atomic mass is 9.75. The van der Waals surface area contributed by atoms with E-state index in [0.717, 1.165) is 47.2 Å². The average Bonchev–Trinajstić information content (AvgIpc) is 3.08. The van der Waals surface area contributed by atoms with E-state index in [9.17, 15) is 14.4 Å². The first-order chi connectivity index (χ1) is 23.0. The first kappa shape index (κ1) is 36.8. The number of nitrogens with two attached hydrogens (primary N) is 2. The number of carbonyl (C=O) groups is 3. The monoisotopic (exact) mass is 653 g/mol. The fourth-order valence-electron chi connectivity index (χ4n) is 6.73. The molecule has 5 rings (SSSR count). The molecule has 0 spiro atoms. The quantitative estimate of drug-likeness (QED) is 0.252. The van der Waals surface area contributed by atoms with Crippen LogP contribution in [-0.4, -0.2) is 84.3 Å². The maximum Gasteiger partial charge on any atom is 0.246 e. The van der Waals surface area contributed by atoms with Crippen LogP contribution in [0.2, 0.25) is 0 Å². The van der Waals surface area contributed by atoms with Crippen molar-refractivity contribution in [2.45, 2.75) is 94.3 Å². The molecule has 0 bridgehead atoms. The molecule has 258 valence electrons. The van der Waals surface area contributed by atoms with Gasteiger partial charge in [0.15, 0.2) is 0 Å². The van der Waals surface area contributed by atoms with Gasteiger partial charge in [0.2, 0.25) is 17.7 Å². The summed E-state index contributed by atoms with van der Waals surface area (Å²) in [6.07, 6.45) is 14.7. The summed E-state index contributed by atoms with van der Waals surface area (Å²) in [4.78, 5) is 44.9. The number of carbonyl (C=O) groups excluding carboxylic acids is 3. The summed E-state index contributed by atoms with van der Waals surface area (Å²) in [6.45, 7) is 0. The van der Waals surface area contributed by atoms with Crippen molar-refractivity contribution < 1.29 is 14.4 Å². The van der Waals surface area contributed by atoms with Crippen molar-refractivity contribution in [2.24, 2.45) is 11.5 Å². The van der Waals surface area contributed by atoms with Crippen LogP contribution in [-0.2, 0) is 27.2 Å². The maximum atomic E-state index is 14.0. The summed E-state index contributed by atoms with van der Waals surface area (Å²) in [5.74, 6) is -1.23. The van der Waals surface area contributed by atoms with Gasteiger partial charge in [0.05, 0.1) is 0 Å². The molecule has 4 N–H and O–H groups in total. The van der Waals surface area contributed by atoms with Crippen LogP contribution >= 0.6 is 0 Å². The Balaban J connectivity index is 0.000000500. The smallest absolute Gasteiger partial charge is 0.246 e. The van der Waals surface area contributed by atoms with Gasteiger partial charge in [-0.25, -0.2) is 0 Å². The third-order valence-electron chi connectivity index (χ3n) is 10.2. The fourth-order valence-corrected chi connectivity index (χ4v) is 6.73. The first-order valence-corrected chi connectivity index (χ1v) is 17.4. The molecule has 0 aromatic heterocycles. The summed E-state index contributed by atoms with van der Waals surface area (Å²) in [6, 6.07) is 22.7. The molecule has 0 radical (unpaired) electrons. The minimum absolute atomic E-state index is 0.234. The predicted molar refractivity (Wildman–Crippen MR) is 195 cm³/mol. The Bertz CT molecular complexity index is 1530. The lowest BCUT2D eigenvalue weighted by molar-refractivity contribution is -0.145. The molecule has 3 amide bonds. The van der Waals surface area contributed by atoms with Crippen molar-refractivity contribution in [1.82, 2.24) is 14.7 Å². The number of nitrogens with zero attached hydrogens (tertiary/aromatic N) is 3. The van der Waals surface area contributed by atoms with Gasteiger partial charge in [-0.05, 0) is 80.6 Å². The zero-order valence-corrected chi connectivity index (χ0v) is 29.3. The summed E-state index contributed by atoms with van der Waals surface area (Å²) >= 11 is 0. The number of primary amides is 1. The van der Waals surface area contributed by atoms with Crippen molar-refractivity contribution in [1.29, 1.82) is 0 Å². The van der Waals surface area contributed by atoms with Gasteiger partial charge in [-0.2, -0.15) is 0 Å². The molecule has 3 aromatic rings. The van der Waals surface area contributed by atoms with Crippen LogP contribution < -0.4 is 11.5 Å². The van der Waals surface area contributed by atoms with Gasteiger partial charge in [0.1, 0.15) is 12.1 Å². The van der Waals surface area contributed by atoms with Crippen molar-refractivity contribution in [3.63, 3.8) is 0 Å². The van der Waals surface area contributed by atoms with E-state index in [-0.39, 0.29) is 23.8 Å². The Labute approximate surface area is 287 Å². The van der Waals surface area contributed by atoms with Crippen LogP contribution in [0.5, 0.6) is 0 Å². The van der Waals surface area contributed by atoms with E-state index in [1.165, 1.54) is 48.0 Å². The lowest BCUT2D eigenvalue weighted by Crippen LogP contribution is -2.55. The SMILES string of the molecule is CN(C(=O)[C@H](Cc1ccc2ccccc2c1)N(C)C(=O)/C=C/CC1(N)CCC1)C(Cc1ccccc1)C(N)=O.CN(C)C1CCCCC1. The van der Waals surface area contributed by atoms with E-state index < -0.39 is 18.0 Å². The third-order valence-corrected chi connectivity index (χ3v) is 10.2. The Morgan fingerprint density at radius 1 is 0.771 bits per heavy atom. The number of benzene rings is 3. The molecule has 0 heterocycles. The first-order valence-electron chi connectivity index (χ1n) is 17.4. The van der Waals surface area contributed by atoms with Crippen molar-refractivity contribution in [2.75, 3.05) is 28.2 Å². The molecule has 2 fully saturated rings. The average molecular weight is 654 g/mol. The van der Waals surface area contributed by atoms with E-state index in [1.807, 2.05) is 72.8 Å². The summed E-state index contributed by atoms with van der Waals surface area (Å²) < 4.78 is 0. The van der Waals surface area contributed by atoms with Gasteiger partial charge in [-0.1, -0.05) is 98.1 Å². The Morgan fingerprint density at radius 3 is 1.98 bits per heavy atom. The highest BCUT2D eigenvalue weighted by atomic mass is 16.2. The Hall–Kier alpha value is -4.01. The summed E-state index contributed by atoms with van der Waals surface area (Å²) in [5, 5.41) is 2.15. The van der Waals surface area contributed by atoms with E-state index in [4.69, 9.17) is 11.5 Å². The number of rotatable bonds is 12. The van der Waals surface area contributed by atoms with Crippen molar-refractivity contribution in [3.8, 4) is 0 Å². The second-order valence-corrected chi connectivity index (χ2v) is 14.0. The zero-order chi connectivity index (χ0) is 34.7. The highest BCUT2D eigenvalue weighted by Crippen LogP contribution is 2.32. The van der Waals surface area contributed by atoms with Crippen LogP contribution in [0.3, 0.4) is 0 Å². The van der Waals surface area contributed by atoms with Gasteiger partial charge in [0.25, 0.3) is 0 Å². The van der Waals surface area contributed by atoms with Crippen molar-refractivity contribution in [3.05, 3.63) is 96.1 Å². The second-order valence-electron chi connectivity index (χ2n) is 14.0. The minimum atomic E-state index is -0.853. The van der Waals surface area contributed by atoms with Crippen LogP contribution in [0.15, 0.2) is 84.9 Å². The van der Waals surface area contributed by atoms with E-state index in [2.05, 4.69) is 19.0 Å². The number of amides is 3. The van der Waals surface area contributed by atoms with Crippen LogP contribution in [0, 0.1) is 0 Å². The topological polar surface area (TPSA) is 113 Å². The zero-order valence-electron chi connectivity index (χ0n) is 29.3. The lowest BCUT2D eigenvalue weighted by Gasteiger charge is -2.37. The van der Waals surface area contributed by atoms with E-state index >= 15 is 0 Å². The molecule has 2 aliphatic carbocycles. The largest absolute Gasteiger partial charge is 0.368 e. The molecule has 2 atom stereocenters. The Kier molecular flexibility index (Phi) is 13.4. The molecule has 48 heavy (non-hydrogen) atoms. The number of fused-ring (bicyclic) bond motifs is 1. The minimum Gasteiger partial charge on any atom is -0.368 e. The molecule has 2 saturated carbocycles. The van der Waals surface area contributed by atoms with Gasteiger partial charge in [-0.3, -0.25) is 14.4 Å². The highest BCUT2D eigenvalue weighted by Gasteiger charge is 2.34. The van der Waals surface area contributed by atoms with Gasteiger partial charge < -0.3 is 26.2 Å². The third kappa shape index (κ3) is 10.2. The van der Waals surface area contributed by atoms with Gasteiger partial charge in [0, 0.05) is 38.5 Å². The molecule has 8 heteroatoms. The van der Waals surface area contributed by atoms with Crippen LogP contribution in [0.25, 0.3) is 10.8 Å². The normalized spacial score (nSPS) is 17.2. The molecule has 1 unspecified atom stereocenters. The molecular weight excluding hydrogens is 598 g/mol. The highest BCUT2D eigenvalue weighted by molar-refractivity contribution is 5.95. The van der Waals surface area contributed by atoms with Crippen LogP contribution in [0.4, 0.5) is 0 Å². The maximum absolute atomic E-state index is 14.0. The molecule has 2 aliphatic rings. The molecule has 0 aliphatic heterocycles. The fraction of sp³-hybridized carbons (Fsp3) is 0.475. The van der Waals surface area contributed by atoms with Gasteiger partial charge in [-0.15, -0.1) is 0 Å². The van der Waals surface area contributed by atoms with Crippen LogP contribution in [0.1, 0.15) is 68.9 Å². The summed E-state index contributed by atoms with van der Waals surface area (Å²) in [5.41, 5.74) is 13.6.